The Morgan fingerprint density at radius 2 is 2.31 bits per heavy atom. The van der Waals surface area contributed by atoms with E-state index in [0.717, 1.165) is 5.39 Å². The van der Waals surface area contributed by atoms with Crippen LogP contribution < -0.4 is 0 Å². The van der Waals surface area contributed by atoms with Crippen LogP contribution in [0.4, 0.5) is 5.69 Å². The average molecular weight is 178 g/mol. The second kappa shape index (κ2) is 2.55. The highest BCUT2D eigenvalue weighted by Gasteiger charge is 2.13. The lowest BCUT2D eigenvalue weighted by Gasteiger charge is -1.94. The van der Waals surface area contributed by atoms with Gasteiger partial charge in [0, 0.05) is 10.9 Å². The van der Waals surface area contributed by atoms with E-state index in [1.54, 1.807) is 13.0 Å². The van der Waals surface area contributed by atoms with E-state index in [2.05, 4.69) is 5.16 Å². The minimum absolute atomic E-state index is 0.0595. The molecule has 1 heterocycles. The van der Waals surface area contributed by atoms with Crippen molar-refractivity contribution in [3.05, 3.63) is 34.0 Å². The molecule has 0 spiro atoms. The van der Waals surface area contributed by atoms with Crippen molar-refractivity contribution in [3.8, 4) is 0 Å². The number of hydrogen-bond donors (Lipinski definition) is 0. The lowest BCUT2D eigenvalue weighted by atomic mass is 10.1. The molecule has 2 rings (SSSR count). The SMILES string of the molecule is Cc1cc2cnoc2cc1[N+](=O)[O-]. The smallest absolute Gasteiger partial charge is 0.276 e. The van der Waals surface area contributed by atoms with E-state index in [1.807, 2.05) is 0 Å². The minimum Gasteiger partial charge on any atom is -0.356 e. The van der Waals surface area contributed by atoms with E-state index >= 15 is 0 Å². The third kappa shape index (κ3) is 1.14. The van der Waals surface area contributed by atoms with Crippen LogP contribution >= 0.6 is 0 Å². The van der Waals surface area contributed by atoms with E-state index in [1.165, 1.54) is 12.3 Å². The quantitative estimate of drug-likeness (QED) is 0.495. The molecule has 0 aliphatic rings. The normalized spacial score (nSPS) is 10.5. The fourth-order valence-electron chi connectivity index (χ4n) is 1.22. The van der Waals surface area contributed by atoms with Crippen LogP contribution in [0.15, 0.2) is 22.9 Å². The molecule has 1 aromatic carbocycles. The van der Waals surface area contributed by atoms with Crippen LogP contribution in [0.25, 0.3) is 11.0 Å². The standard InChI is InChI=1S/C8H6N2O3/c1-5-2-6-4-9-13-8(6)3-7(5)10(11)12/h2-4H,1H3. The monoisotopic (exact) mass is 178 g/mol. The maximum atomic E-state index is 10.5. The molecule has 0 atom stereocenters. The number of rotatable bonds is 1. The largest absolute Gasteiger partial charge is 0.356 e. The van der Waals surface area contributed by atoms with Crippen LogP contribution in [0.2, 0.25) is 0 Å². The van der Waals surface area contributed by atoms with Crippen LogP contribution in [0, 0.1) is 17.0 Å². The molecule has 66 valence electrons. The Kier molecular flexibility index (Phi) is 1.51. The molecule has 1 aromatic heterocycles. The van der Waals surface area contributed by atoms with Crippen molar-refractivity contribution in [1.82, 2.24) is 5.16 Å². The molecule has 0 unspecified atom stereocenters. The zero-order valence-corrected chi connectivity index (χ0v) is 6.85. The van der Waals surface area contributed by atoms with Gasteiger partial charge < -0.3 is 4.52 Å². The number of nitrogens with zero attached hydrogens (tertiary/aromatic N) is 2. The first-order valence-electron chi connectivity index (χ1n) is 3.68. The Morgan fingerprint density at radius 3 is 3.00 bits per heavy atom. The van der Waals surface area contributed by atoms with Crippen LogP contribution in [0.1, 0.15) is 5.56 Å². The van der Waals surface area contributed by atoms with E-state index in [4.69, 9.17) is 4.52 Å². The van der Waals surface area contributed by atoms with Gasteiger partial charge in [-0.2, -0.15) is 0 Å². The summed E-state index contributed by atoms with van der Waals surface area (Å²) in [5.74, 6) is 0. The highest BCUT2D eigenvalue weighted by atomic mass is 16.6. The van der Waals surface area contributed by atoms with Gasteiger partial charge in [-0.05, 0) is 13.0 Å². The number of hydrogen-bond acceptors (Lipinski definition) is 4. The van der Waals surface area contributed by atoms with Crippen LogP contribution in [0.3, 0.4) is 0 Å². The van der Waals surface area contributed by atoms with E-state index in [0.29, 0.717) is 11.1 Å². The van der Waals surface area contributed by atoms with Gasteiger partial charge in [0.05, 0.1) is 17.2 Å². The number of aryl methyl sites for hydroxylation is 1. The second-order valence-electron chi connectivity index (χ2n) is 2.76. The molecule has 13 heavy (non-hydrogen) atoms. The molecule has 0 amide bonds. The molecule has 0 saturated carbocycles. The maximum Gasteiger partial charge on any atom is 0.276 e. The molecule has 0 N–H and O–H groups in total. The van der Waals surface area contributed by atoms with Crippen molar-refractivity contribution >= 4 is 16.7 Å². The Balaban J connectivity index is 2.76. The van der Waals surface area contributed by atoms with Gasteiger partial charge in [-0.3, -0.25) is 10.1 Å². The highest BCUT2D eigenvalue weighted by Crippen LogP contribution is 2.24. The summed E-state index contributed by atoms with van der Waals surface area (Å²) >= 11 is 0. The predicted molar refractivity (Wildman–Crippen MR) is 45.4 cm³/mol. The predicted octanol–water partition coefficient (Wildman–Crippen LogP) is 2.04. The van der Waals surface area contributed by atoms with Gasteiger partial charge in [0.25, 0.3) is 5.69 Å². The van der Waals surface area contributed by atoms with E-state index in [9.17, 15) is 10.1 Å². The zero-order valence-electron chi connectivity index (χ0n) is 6.85. The topological polar surface area (TPSA) is 69.2 Å². The van der Waals surface area contributed by atoms with Crippen molar-refractivity contribution in [1.29, 1.82) is 0 Å². The fraction of sp³-hybridized carbons (Fsp3) is 0.125. The first-order chi connectivity index (χ1) is 6.18. The molecule has 5 heteroatoms. The van der Waals surface area contributed by atoms with Gasteiger partial charge in [0.15, 0.2) is 5.58 Å². The van der Waals surface area contributed by atoms with Gasteiger partial charge >= 0.3 is 0 Å². The van der Waals surface area contributed by atoms with Crippen LogP contribution in [-0.4, -0.2) is 10.1 Å². The number of nitro groups is 1. The number of aromatic nitrogens is 1. The minimum atomic E-state index is -0.433. The van der Waals surface area contributed by atoms with Gasteiger partial charge in [-0.25, -0.2) is 0 Å². The van der Waals surface area contributed by atoms with Crippen molar-refractivity contribution in [2.24, 2.45) is 0 Å². The van der Waals surface area contributed by atoms with Gasteiger partial charge in [0.1, 0.15) is 0 Å². The third-order valence-electron chi connectivity index (χ3n) is 1.87. The van der Waals surface area contributed by atoms with Crippen molar-refractivity contribution in [2.75, 3.05) is 0 Å². The molecule has 0 saturated heterocycles. The van der Waals surface area contributed by atoms with Gasteiger partial charge in [0.2, 0.25) is 0 Å². The summed E-state index contributed by atoms with van der Waals surface area (Å²) in [5.41, 5.74) is 1.11. The molecule has 0 aliphatic heterocycles. The van der Waals surface area contributed by atoms with Crippen molar-refractivity contribution in [3.63, 3.8) is 0 Å². The number of nitro benzene ring substituents is 1. The molecule has 0 bridgehead atoms. The fourth-order valence-corrected chi connectivity index (χ4v) is 1.22. The third-order valence-corrected chi connectivity index (χ3v) is 1.87. The Labute approximate surface area is 73.1 Å². The molecule has 2 aromatic rings. The lowest BCUT2D eigenvalue weighted by molar-refractivity contribution is -0.385. The Morgan fingerprint density at radius 1 is 1.54 bits per heavy atom. The van der Waals surface area contributed by atoms with E-state index < -0.39 is 4.92 Å². The second-order valence-corrected chi connectivity index (χ2v) is 2.76. The van der Waals surface area contributed by atoms with Crippen molar-refractivity contribution < 1.29 is 9.45 Å². The molecule has 0 radical (unpaired) electrons. The Bertz CT molecular complexity index is 475. The lowest BCUT2D eigenvalue weighted by Crippen LogP contribution is -1.90. The van der Waals surface area contributed by atoms with E-state index in [-0.39, 0.29) is 5.69 Å². The molecule has 0 fully saturated rings. The average Bonchev–Trinajstić information content (AvgIpc) is 2.48. The summed E-state index contributed by atoms with van der Waals surface area (Å²) < 4.78 is 4.81. The molecular weight excluding hydrogens is 172 g/mol. The summed E-state index contributed by atoms with van der Waals surface area (Å²) in [6.45, 7) is 1.69. The summed E-state index contributed by atoms with van der Waals surface area (Å²) in [6.07, 6.45) is 1.53. The van der Waals surface area contributed by atoms with Crippen molar-refractivity contribution in [2.45, 2.75) is 6.92 Å². The molecule has 5 nitrogen and oxygen atoms in total. The summed E-state index contributed by atoms with van der Waals surface area (Å²) in [7, 11) is 0. The summed E-state index contributed by atoms with van der Waals surface area (Å²) in [5, 5.41) is 14.9. The first kappa shape index (κ1) is 7.72. The first-order valence-corrected chi connectivity index (χ1v) is 3.68. The maximum absolute atomic E-state index is 10.5. The highest BCUT2D eigenvalue weighted by molar-refractivity contribution is 5.79. The number of benzene rings is 1. The van der Waals surface area contributed by atoms with Gasteiger partial charge in [-0.15, -0.1) is 0 Å². The molecule has 0 aliphatic carbocycles. The summed E-state index contributed by atoms with van der Waals surface area (Å²) in [6, 6.07) is 3.07. The molecular formula is C8H6N2O3. The van der Waals surface area contributed by atoms with Crippen LogP contribution in [0.5, 0.6) is 0 Å². The van der Waals surface area contributed by atoms with Crippen LogP contribution in [-0.2, 0) is 0 Å². The number of fused-ring (bicyclic) bond motifs is 1. The Hall–Kier alpha value is -1.91. The zero-order chi connectivity index (χ0) is 9.42. The summed E-state index contributed by atoms with van der Waals surface area (Å²) in [4.78, 5) is 10.1. The van der Waals surface area contributed by atoms with Gasteiger partial charge in [-0.1, -0.05) is 5.16 Å².